The van der Waals surface area contributed by atoms with Crippen LogP contribution in [0.1, 0.15) is 5.56 Å². The maximum absolute atomic E-state index is 12.6. The van der Waals surface area contributed by atoms with Crippen LogP contribution in [0.25, 0.3) is 0 Å². The molecule has 0 spiro atoms. The SMILES string of the molecule is Fc1ccc(C(=S)Cl)cc1Br. The van der Waals surface area contributed by atoms with Crippen molar-refractivity contribution in [1.82, 2.24) is 0 Å². The number of benzene rings is 1. The maximum atomic E-state index is 12.6. The third-order valence-corrected chi connectivity index (χ3v) is 2.21. The second-order valence-corrected chi connectivity index (χ2v) is 3.77. The first-order valence-electron chi connectivity index (χ1n) is 2.76. The second-order valence-electron chi connectivity index (χ2n) is 1.90. The summed E-state index contributed by atoms with van der Waals surface area (Å²) in [6, 6.07) is 4.40. The van der Waals surface area contributed by atoms with Crippen LogP contribution < -0.4 is 0 Å². The third-order valence-electron chi connectivity index (χ3n) is 1.15. The minimum absolute atomic E-state index is 0.241. The molecule has 0 nitrogen and oxygen atoms in total. The average Bonchev–Trinajstić information content (AvgIpc) is 1.94. The summed E-state index contributed by atoms with van der Waals surface area (Å²) in [4.78, 5) is 0. The van der Waals surface area contributed by atoms with Crippen LogP contribution in [0, 0.1) is 5.82 Å². The van der Waals surface area contributed by atoms with Crippen molar-refractivity contribution in [2.24, 2.45) is 0 Å². The van der Waals surface area contributed by atoms with E-state index in [1.807, 2.05) is 0 Å². The number of rotatable bonds is 1. The van der Waals surface area contributed by atoms with E-state index in [4.69, 9.17) is 11.6 Å². The molecular formula is C7H3BrClFS. The molecule has 0 unspecified atom stereocenters. The zero-order chi connectivity index (χ0) is 8.43. The Labute approximate surface area is 82.5 Å². The predicted molar refractivity (Wildman–Crippen MR) is 51.7 cm³/mol. The van der Waals surface area contributed by atoms with Crippen LogP contribution in [0.15, 0.2) is 22.7 Å². The number of hydrogen-bond acceptors (Lipinski definition) is 1. The molecule has 0 saturated heterocycles. The molecule has 0 aliphatic rings. The molecule has 0 fully saturated rings. The van der Waals surface area contributed by atoms with E-state index >= 15 is 0 Å². The van der Waals surface area contributed by atoms with Crippen LogP contribution in [0.5, 0.6) is 0 Å². The summed E-state index contributed by atoms with van der Waals surface area (Å²) in [5.41, 5.74) is 0.648. The Bertz CT molecular complexity index is 300. The van der Waals surface area contributed by atoms with Crippen LogP contribution in [-0.2, 0) is 0 Å². The lowest BCUT2D eigenvalue weighted by atomic mass is 10.2. The number of thiocarbonyl (C=S) groups is 1. The average molecular weight is 254 g/mol. The van der Waals surface area contributed by atoms with Crippen molar-refractivity contribution < 1.29 is 4.39 Å². The lowest BCUT2D eigenvalue weighted by molar-refractivity contribution is 0.621. The maximum Gasteiger partial charge on any atom is 0.137 e. The molecule has 0 atom stereocenters. The number of halogens is 3. The Hall–Kier alpha value is 0.01000. The van der Waals surface area contributed by atoms with Gasteiger partial charge in [0.05, 0.1) is 4.47 Å². The van der Waals surface area contributed by atoms with Crippen molar-refractivity contribution in [1.29, 1.82) is 0 Å². The lowest BCUT2D eigenvalue weighted by Crippen LogP contribution is -1.87. The topological polar surface area (TPSA) is 0 Å². The zero-order valence-corrected chi connectivity index (χ0v) is 8.43. The van der Waals surface area contributed by atoms with Crippen molar-refractivity contribution in [2.45, 2.75) is 0 Å². The second kappa shape index (κ2) is 3.61. The molecular weight excluding hydrogens is 250 g/mol. The van der Waals surface area contributed by atoms with Crippen LogP contribution in [0.2, 0.25) is 0 Å². The quantitative estimate of drug-likeness (QED) is 0.545. The fourth-order valence-corrected chi connectivity index (χ4v) is 1.24. The molecule has 1 aromatic carbocycles. The summed E-state index contributed by atoms with van der Waals surface area (Å²) in [6.45, 7) is 0. The summed E-state index contributed by atoms with van der Waals surface area (Å²) in [5.74, 6) is -0.318. The molecule has 0 bridgehead atoms. The van der Waals surface area contributed by atoms with E-state index in [0.717, 1.165) is 0 Å². The molecule has 11 heavy (non-hydrogen) atoms. The Morgan fingerprint density at radius 2 is 2.18 bits per heavy atom. The highest BCUT2D eigenvalue weighted by Gasteiger charge is 2.01. The predicted octanol–water partition coefficient (Wildman–Crippen LogP) is 3.50. The minimum atomic E-state index is -0.318. The normalized spacial score (nSPS) is 9.73. The van der Waals surface area contributed by atoms with Crippen LogP contribution in [0.4, 0.5) is 4.39 Å². The van der Waals surface area contributed by atoms with E-state index in [9.17, 15) is 4.39 Å². The molecule has 0 aliphatic heterocycles. The molecule has 58 valence electrons. The van der Waals surface area contributed by atoms with E-state index in [2.05, 4.69) is 28.1 Å². The van der Waals surface area contributed by atoms with Crippen molar-refractivity contribution in [3.05, 3.63) is 34.1 Å². The van der Waals surface area contributed by atoms with Crippen molar-refractivity contribution in [2.75, 3.05) is 0 Å². The van der Waals surface area contributed by atoms with Gasteiger partial charge in [0, 0.05) is 5.56 Å². The van der Waals surface area contributed by atoms with Crippen molar-refractivity contribution >= 4 is 44.1 Å². The van der Waals surface area contributed by atoms with Gasteiger partial charge in [0.25, 0.3) is 0 Å². The Morgan fingerprint density at radius 1 is 1.55 bits per heavy atom. The van der Waals surface area contributed by atoms with Gasteiger partial charge in [-0.25, -0.2) is 4.39 Å². The van der Waals surface area contributed by atoms with Gasteiger partial charge in [-0.15, -0.1) is 0 Å². The van der Waals surface area contributed by atoms with E-state index < -0.39 is 0 Å². The molecule has 0 saturated carbocycles. The summed E-state index contributed by atoms with van der Waals surface area (Å²) >= 11 is 13.2. The molecule has 1 aromatic rings. The molecule has 0 radical (unpaired) electrons. The van der Waals surface area contributed by atoms with E-state index in [1.165, 1.54) is 12.1 Å². The molecule has 0 aromatic heterocycles. The van der Waals surface area contributed by atoms with Gasteiger partial charge in [0.2, 0.25) is 0 Å². The van der Waals surface area contributed by atoms with Gasteiger partial charge in [-0.05, 0) is 34.1 Å². The first kappa shape index (κ1) is 9.10. The zero-order valence-electron chi connectivity index (χ0n) is 5.27. The lowest BCUT2D eigenvalue weighted by Gasteiger charge is -1.97. The van der Waals surface area contributed by atoms with Gasteiger partial charge in [-0.3, -0.25) is 0 Å². The first-order valence-corrected chi connectivity index (χ1v) is 4.34. The fraction of sp³-hybridized carbons (Fsp3) is 0. The molecule has 0 aliphatic carbocycles. The highest BCUT2D eigenvalue weighted by molar-refractivity contribution is 9.10. The largest absolute Gasteiger partial charge is 0.206 e. The van der Waals surface area contributed by atoms with Gasteiger partial charge in [-0.1, -0.05) is 23.8 Å². The van der Waals surface area contributed by atoms with Gasteiger partial charge < -0.3 is 0 Å². The van der Waals surface area contributed by atoms with E-state index in [1.54, 1.807) is 6.07 Å². The molecule has 0 heterocycles. The van der Waals surface area contributed by atoms with Gasteiger partial charge in [0.1, 0.15) is 10.1 Å². The van der Waals surface area contributed by atoms with Crippen molar-refractivity contribution in [3.8, 4) is 0 Å². The first-order chi connectivity index (χ1) is 5.11. The Morgan fingerprint density at radius 3 is 2.64 bits per heavy atom. The molecule has 0 N–H and O–H groups in total. The smallest absolute Gasteiger partial charge is 0.137 e. The summed E-state index contributed by atoms with van der Waals surface area (Å²) in [7, 11) is 0. The van der Waals surface area contributed by atoms with E-state index in [-0.39, 0.29) is 10.1 Å². The summed E-state index contributed by atoms with van der Waals surface area (Å²) in [6.07, 6.45) is 0. The fourth-order valence-electron chi connectivity index (χ4n) is 0.618. The molecule has 0 amide bonds. The molecule has 4 heteroatoms. The standard InChI is InChI=1S/C7H3BrClFS/c8-5-3-4(7(9)11)1-2-6(5)10/h1-3H. The number of hydrogen-bond donors (Lipinski definition) is 0. The Kier molecular flexibility index (Phi) is 2.98. The van der Waals surface area contributed by atoms with Gasteiger partial charge in [0.15, 0.2) is 0 Å². The van der Waals surface area contributed by atoms with Crippen LogP contribution in [0.3, 0.4) is 0 Å². The van der Waals surface area contributed by atoms with Crippen LogP contribution in [-0.4, -0.2) is 4.32 Å². The van der Waals surface area contributed by atoms with Gasteiger partial charge in [-0.2, -0.15) is 0 Å². The minimum Gasteiger partial charge on any atom is -0.206 e. The Balaban J connectivity index is 3.15. The van der Waals surface area contributed by atoms with Crippen molar-refractivity contribution in [3.63, 3.8) is 0 Å². The highest BCUT2D eigenvalue weighted by atomic mass is 79.9. The van der Waals surface area contributed by atoms with Crippen LogP contribution >= 0.6 is 39.7 Å². The molecule has 1 rings (SSSR count). The monoisotopic (exact) mass is 252 g/mol. The summed E-state index contributed by atoms with van der Waals surface area (Å²) < 4.78 is 13.2. The highest BCUT2D eigenvalue weighted by Crippen LogP contribution is 2.18. The third kappa shape index (κ3) is 2.22. The van der Waals surface area contributed by atoms with Gasteiger partial charge >= 0.3 is 0 Å². The summed E-state index contributed by atoms with van der Waals surface area (Å²) in [5, 5.41) is 0. The van der Waals surface area contributed by atoms with E-state index in [0.29, 0.717) is 10.0 Å².